The van der Waals surface area contributed by atoms with E-state index in [4.69, 9.17) is 0 Å². The minimum atomic E-state index is -0.163. The fraction of sp³-hybridized carbons (Fsp3) is 0.579. The number of fused-ring (bicyclic) bond motifs is 1. The summed E-state index contributed by atoms with van der Waals surface area (Å²) >= 11 is 0. The molecule has 0 spiro atoms. The number of rotatable bonds is 5. The Bertz CT molecular complexity index is 790. The molecule has 0 radical (unpaired) electrons. The van der Waals surface area contributed by atoms with Crippen molar-refractivity contribution in [3.63, 3.8) is 0 Å². The van der Waals surface area contributed by atoms with Crippen LogP contribution in [0, 0.1) is 0 Å². The SMILES string of the molecule is O=c1c2ccccc2ncn1CCN[C@@H]1CCC[C@@H]1N1CCC(O)C1. The smallest absolute Gasteiger partial charge is 0.261 e. The number of nitrogens with zero attached hydrogens (tertiary/aromatic N) is 3. The fourth-order valence-electron chi connectivity index (χ4n) is 4.32. The number of benzene rings is 1. The molecule has 0 bridgehead atoms. The maximum Gasteiger partial charge on any atom is 0.261 e. The number of nitrogens with one attached hydrogen (secondary N) is 1. The van der Waals surface area contributed by atoms with Crippen molar-refractivity contribution < 1.29 is 5.11 Å². The lowest BCUT2D eigenvalue weighted by Gasteiger charge is -2.30. The molecule has 134 valence electrons. The lowest BCUT2D eigenvalue weighted by Crippen LogP contribution is -2.47. The van der Waals surface area contributed by atoms with Crippen LogP contribution < -0.4 is 10.9 Å². The highest BCUT2D eigenvalue weighted by molar-refractivity contribution is 5.76. The van der Waals surface area contributed by atoms with Crippen LogP contribution in [0.5, 0.6) is 0 Å². The molecule has 1 saturated carbocycles. The summed E-state index contributed by atoms with van der Waals surface area (Å²) in [4.78, 5) is 19.3. The zero-order valence-corrected chi connectivity index (χ0v) is 14.5. The molecular formula is C19H26N4O2. The Morgan fingerprint density at radius 3 is 2.96 bits per heavy atom. The van der Waals surface area contributed by atoms with Gasteiger partial charge in [0.05, 0.1) is 23.3 Å². The summed E-state index contributed by atoms with van der Waals surface area (Å²) in [5.41, 5.74) is 0.776. The van der Waals surface area contributed by atoms with Crippen LogP contribution in [0.25, 0.3) is 10.9 Å². The Morgan fingerprint density at radius 1 is 1.24 bits per heavy atom. The van der Waals surface area contributed by atoms with Crippen molar-refractivity contribution in [1.82, 2.24) is 19.8 Å². The van der Waals surface area contributed by atoms with Crippen molar-refractivity contribution in [2.24, 2.45) is 0 Å². The molecule has 2 N–H and O–H groups in total. The maximum atomic E-state index is 12.5. The van der Waals surface area contributed by atoms with E-state index < -0.39 is 0 Å². The third-order valence-electron chi connectivity index (χ3n) is 5.63. The molecular weight excluding hydrogens is 316 g/mol. The van der Waals surface area contributed by atoms with Crippen molar-refractivity contribution in [2.75, 3.05) is 19.6 Å². The standard InChI is InChI=1S/C19H26N4O2/c24-14-8-10-22(12-14)18-7-3-6-17(18)20-9-11-23-13-21-16-5-2-1-4-15(16)19(23)25/h1-2,4-5,13-14,17-18,20,24H,3,6-12H2/t14?,17-,18+/m1/s1. The van der Waals surface area contributed by atoms with Crippen LogP contribution in [0.3, 0.4) is 0 Å². The number of hydrogen-bond acceptors (Lipinski definition) is 5. The number of hydrogen-bond donors (Lipinski definition) is 2. The minimum Gasteiger partial charge on any atom is -0.392 e. The van der Waals surface area contributed by atoms with Gasteiger partial charge in [0.15, 0.2) is 0 Å². The number of para-hydroxylation sites is 1. The summed E-state index contributed by atoms with van der Waals surface area (Å²) in [7, 11) is 0. The lowest BCUT2D eigenvalue weighted by molar-refractivity contribution is 0.150. The highest BCUT2D eigenvalue weighted by atomic mass is 16.3. The fourth-order valence-corrected chi connectivity index (χ4v) is 4.32. The van der Waals surface area contributed by atoms with Crippen LogP contribution in [-0.4, -0.2) is 57.4 Å². The van der Waals surface area contributed by atoms with Crippen LogP contribution in [0.15, 0.2) is 35.4 Å². The molecule has 6 heteroatoms. The normalized spacial score (nSPS) is 27.3. The van der Waals surface area contributed by atoms with E-state index in [-0.39, 0.29) is 11.7 Å². The molecule has 3 atom stereocenters. The number of likely N-dealkylation sites (tertiary alicyclic amines) is 1. The largest absolute Gasteiger partial charge is 0.392 e. The number of aliphatic hydroxyl groups excluding tert-OH is 1. The highest BCUT2D eigenvalue weighted by Crippen LogP contribution is 2.27. The molecule has 6 nitrogen and oxygen atoms in total. The van der Waals surface area contributed by atoms with Gasteiger partial charge in [-0.15, -0.1) is 0 Å². The second-order valence-corrected chi connectivity index (χ2v) is 7.26. The van der Waals surface area contributed by atoms with Crippen LogP contribution in [-0.2, 0) is 6.54 Å². The second-order valence-electron chi connectivity index (χ2n) is 7.26. The quantitative estimate of drug-likeness (QED) is 0.847. The number of aromatic nitrogens is 2. The number of aliphatic hydroxyl groups is 1. The van der Waals surface area contributed by atoms with Crippen molar-refractivity contribution in [2.45, 2.75) is 50.4 Å². The van der Waals surface area contributed by atoms with E-state index in [0.29, 0.717) is 24.0 Å². The highest BCUT2D eigenvalue weighted by Gasteiger charge is 2.35. The lowest BCUT2D eigenvalue weighted by atomic mass is 10.1. The Balaban J connectivity index is 1.37. The zero-order valence-electron chi connectivity index (χ0n) is 14.5. The molecule has 1 saturated heterocycles. The predicted molar refractivity (Wildman–Crippen MR) is 97.6 cm³/mol. The Labute approximate surface area is 147 Å². The van der Waals surface area contributed by atoms with E-state index >= 15 is 0 Å². The average molecular weight is 342 g/mol. The molecule has 1 aliphatic heterocycles. The van der Waals surface area contributed by atoms with E-state index in [1.807, 2.05) is 24.3 Å². The topological polar surface area (TPSA) is 70.4 Å². The third kappa shape index (κ3) is 3.47. The molecule has 4 rings (SSSR count). The first-order valence-electron chi connectivity index (χ1n) is 9.32. The first-order chi connectivity index (χ1) is 12.2. The van der Waals surface area contributed by atoms with Crippen molar-refractivity contribution in [3.8, 4) is 0 Å². The molecule has 2 fully saturated rings. The third-order valence-corrected chi connectivity index (χ3v) is 5.63. The van der Waals surface area contributed by atoms with Crippen molar-refractivity contribution in [1.29, 1.82) is 0 Å². The molecule has 1 unspecified atom stereocenters. The summed E-state index contributed by atoms with van der Waals surface area (Å²) < 4.78 is 1.69. The van der Waals surface area contributed by atoms with Gasteiger partial charge in [-0.1, -0.05) is 18.6 Å². The Kier molecular flexibility index (Phi) is 4.83. The first kappa shape index (κ1) is 16.7. The molecule has 1 aromatic carbocycles. The average Bonchev–Trinajstić information content (AvgIpc) is 3.26. The van der Waals surface area contributed by atoms with Crippen LogP contribution >= 0.6 is 0 Å². The van der Waals surface area contributed by atoms with Gasteiger partial charge < -0.3 is 10.4 Å². The molecule has 2 aromatic rings. The van der Waals surface area contributed by atoms with E-state index in [1.165, 1.54) is 19.3 Å². The molecule has 2 heterocycles. The van der Waals surface area contributed by atoms with Crippen LogP contribution in [0.4, 0.5) is 0 Å². The summed E-state index contributed by atoms with van der Waals surface area (Å²) in [6.07, 6.45) is 5.97. The van der Waals surface area contributed by atoms with Gasteiger partial charge in [0.2, 0.25) is 0 Å². The summed E-state index contributed by atoms with van der Waals surface area (Å²) in [6.45, 7) is 3.19. The van der Waals surface area contributed by atoms with E-state index in [1.54, 1.807) is 10.9 Å². The molecule has 25 heavy (non-hydrogen) atoms. The van der Waals surface area contributed by atoms with Gasteiger partial charge in [-0.05, 0) is 31.4 Å². The Hall–Kier alpha value is -1.76. The van der Waals surface area contributed by atoms with Gasteiger partial charge >= 0.3 is 0 Å². The van der Waals surface area contributed by atoms with E-state index in [2.05, 4.69) is 15.2 Å². The summed E-state index contributed by atoms with van der Waals surface area (Å²) in [5, 5.41) is 14.1. The predicted octanol–water partition coefficient (Wildman–Crippen LogP) is 0.974. The molecule has 0 amide bonds. The van der Waals surface area contributed by atoms with E-state index in [0.717, 1.165) is 31.6 Å². The van der Waals surface area contributed by atoms with Crippen LogP contribution in [0.2, 0.25) is 0 Å². The van der Waals surface area contributed by atoms with Gasteiger partial charge in [0, 0.05) is 38.3 Å². The van der Waals surface area contributed by atoms with E-state index in [9.17, 15) is 9.90 Å². The van der Waals surface area contributed by atoms with Gasteiger partial charge in [-0.3, -0.25) is 14.3 Å². The second kappa shape index (κ2) is 7.23. The zero-order chi connectivity index (χ0) is 17.2. The Morgan fingerprint density at radius 2 is 2.12 bits per heavy atom. The maximum absolute atomic E-state index is 12.5. The van der Waals surface area contributed by atoms with Gasteiger partial charge in [-0.2, -0.15) is 0 Å². The first-order valence-corrected chi connectivity index (χ1v) is 9.32. The number of β-amino-alcohol motifs (C(OH)–C–C–N with tert-alkyl or cyclic N) is 1. The van der Waals surface area contributed by atoms with Gasteiger partial charge in [0.1, 0.15) is 0 Å². The molecule has 1 aliphatic carbocycles. The van der Waals surface area contributed by atoms with Gasteiger partial charge in [0.25, 0.3) is 5.56 Å². The minimum absolute atomic E-state index is 0.0260. The van der Waals surface area contributed by atoms with Crippen LogP contribution in [0.1, 0.15) is 25.7 Å². The molecule has 1 aromatic heterocycles. The van der Waals surface area contributed by atoms with Crippen molar-refractivity contribution >= 4 is 10.9 Å². The monoisotopic (exact) mass is 342 g/mol. The summed E-state index contributed by atoms with van der Waals surface area (Å²) in [5.74, 6) is 0. The molecule has 2 aliphatic rings. The van der Waals surface area contributed by atoms with Crippen molar-refractivity contribution in [3.05, 3.63) is 40.9 Å². The van der Waals surface area contributed by atoms with Gasteiger partial charge in [-0.25, -0.2) is 4.98 Å². The summed E-state index contributed by atoms with van der Waals surface area (Å²) in [6, 6.07) is 8.45.